The molecule has 0 saturated carbocycles. The highest BCUT2D eigenvalue weighted by Crippen LogP contribution is 2.40. The molecule has 2 atom stereocenters. The zero-order valence-corrected chi connectivity index (χ0v) is 20.2. The van der Waals surface area contributed by atoms with Gasteiger partial charge >= 0.3 is 24.1 Å². The number of nitrogens with zero attached hydrogens (tertiary/aromatic N) is 1. The summed E-state index contributed by atoms with van der Waals surface area (Å²) in [5.74, 6) is -1.91. The van der Waals surface area contributed by atoms with Gasteiger partial charge in [-0.25, -0.2) is 14.4 Å². The molecule has 0 bridgehead atoms. The topological polar surface area (TPSA) is 164 Å². The number of nitrogens with two attached hydrogens (primary N) is 1. The van der Waals surface area contributed by atoms with E-state index in [1.54, 1.807) is 41.5 Å². The Kier molecular flexibility index (Phi) is 7.88. The van der Waals surface area contributed by atoms with Gasteiger partial charge in [0.05, 0.1) is 5.41 Å². The molecule has 1 saturated heterocycles. The van der Waals surface area contributed by atoms with E-state index in [4.69, 9.17) is 24.7 Å². The van der Waals surface area contributed by atoms with Crippen LogP contribution in [0.4, 0.5) is 9.59 Å². The van der Waals surface area contributed by atoms with Crippen LogP contribution in [0.1, 0.15) is 41.5 Å². The van der Waals surface area contributed by atoms with Crippen LogP contribution in [0.5, 0.6) is 0 Å². The van der Waals surface area contributed by atoms with Crippen molar-refractivity contribution in [2.24, 2.45) is 11.1 Å². The van der Waals surface area contributed by atoms with Gasteiger partial charge in [-0.05, 0) is 41.5 Å². The summed E-state index contributed by atoms with van der Waals surface area (Å²) in [7, 11) is 0. The second-order valence-electron chi connectivity index (χ2n) is 9.33. The van der Waals surface area contributed by atoms with Crippen molar-refractivity contribution < 1.29 is 42.9 Å². The Morgan fingerprint density at radius 3 is 2.27 bits per heavy atom. The van der Waals surface area contributed by atoms with E-state index in [0.29, 0.717) is 0 Å². The standard InChI is InChI=1S/C20H29N3O9S/c1-19(2,3)16(26)31-9-30-15(25)12-10(7-29-17(21)27)8-33-14-11(13(24)23(12)14)22-18(28)32-20(4,5)6/h11,14H,7-9H2,1-6H3,(H2,21,27)(H,22,28)/t11?,14-/m1/s1. The van der Waals surface area contributed by atoms with Crippen LogP contribution in [-0.4, -0.2) is 71.1 Å². The zero-order valence-electron chi connectivity index (χ0n) is 19.4. The van der Waals surface area contributed by atoms with E-state index in [9.17, 15) is 24.0 Å². The Morgan fingerprint density at radius 1 is 1.09 bits per heavy atom. The minimum absolute atomic E-state index is 0.154. The molecule has 0 radical (unpaired) electrons. The largest absolute Gasteiger partial charge is 0.445 e. The number of rotatable bonds is 6. The lowest BCUT2D eigenvalue weighted by atomic mass is 9.98. The zero-order chi connectivity index (χ0) is 25.1. The highest BCUT2D eigenvalue weighted by atomic mass is 32.2. The summed E-state index contributed by atoms with van der Waals surface area (Å²) in [4.78, 5) is 61.7. The maximum Gasteiger partial charge on any atom is 0.408 e. The van der Waals surface area contributed by atoms with Gasteiger partial charge in [0.1, 0.15) is 29.3 Å². The second-order valence-corrected chi connectivity index (χ2v) is 10.4. The Bertz CT molecular complexity index is 873. The first-order valence-corrected chi connectivity index (χ1v) is 11.1. The van der Waals surface area contributed by atoms with Crippen LogP contribution < -0.4 is 11.1 Å². The Balaban J connectivity index is 2.15. The smallest absolute Gasteiger partial charge is 0.408 e. The number of ether oxygens (including phenoxy) is 4. The van der Waals surface area contributed by atoms with E-state index >= 15 is 0 Å². The molecule has 33 heavy (non-hydrogen) atoms. The van der Waals surface area contributed by atoms with Crippen molar-refractivity contribution in [1.29, 1.82) is 0 Å². The lowest BCUT2D eigenvalue weighted by molar-refractivity contribution is -0.173. The number of hydrogen-bond donors (Lipinski definition) is 2. The number of amides is 3. The lowest BCUT2D eigenvalue weighted by Crippen LogP contribution is -2.71. The third-order valence-corrected chi connectivity index (χ3v) is 5.63. The highest BCUT2D eigenvalue weighted by molar-refractivity contribution is 8.00. The van der Waals surface area contributed by atoms with Crippen molar-refractivity contribution >= 4 is 41.8 Å². The predicted octanol–water partition coefficient (Wildman–Crippen LogP) is 1.23. The first-order chi connectivity index (χ1) is 15.1. The van der Waals surface area contributed by atoms with E-state index in [2.05, 4.69) is 5.32 Å². The van der Waals surface area contributed by atoms with Crippen molar-refractivity contribution in [1.82, 2.24) is 10.2 Å². The number of nitrogens with one attached hydrogen (secondary N) is 1. The second kappa shape index (κ2) is 9.89. The van der Waals surface area contributed by atoms with Crippen LogP contribution in [0.3, 0.4) is 0 Å². The number of alkyl carbamates (subject to hydrolysis) is 1. The molecule has 1 unspecified atom stereocenters. The van der Waals surface area contributed by atoms with Crippen LogP contribution >= 0.6 is 11.8 Å². The van der Waals surface area contributed by atoms with Gasteiger partial charge in [0.25, 0.3) is 5.91 Å². The molecule has 1 fully saturated rings. The number of esters is 2. The molecule has 0 aromatic rings. The van der Waals surface area contributed by atoms with E-state index in [-0.39, 0.29) is 23.6 Å². The Hall–Kier alpha value is -2.96. The molecule has 3 amide bonds. The number of hydrogen-bond acceptors (Lipinski definition) is 10. The van der Waals surface area contributed by atoms with Crippen molar-refractivity contribution in [2.45, 2.75) is 58.6 Å². The SMILES string of the molecule is CC(C)(C)OC(=O)NC1C(=O)N2C(C(=O)OCOC(=O)C(C)(C)C)=C(COC(N)=O)CS[C@H]12. The molecular formula is C20H29N3O9S. The lowest BCUT2D eigenvalue weighted by Gasteiger charge is -2.49. The molecule has 184 valence electrons. The molecule has 2 aliphatic heterocycles. The molecule has 2 aliphatic rings. The van der Waals surface area contributed by atoms with Gasteiger partial charge in [-0.2, -0.15) is 0 Å². The van der Waals surface area contributed by atoms with Gasteiger partial charge in [-0.1, -0.05) is 0 Å². The van der Waals surface area contributed by atoms with Crippen molar-refractivity contribution in [2.75, 3.05) is 19.2 Å². The van der Waals surface area contributed by atoms with Crippen LogP contribution in [0.2, 0.25) is 0 Å². The van der Waals surface area contributed by atoms with E-state index in [1.807, 2.05) is 0 Å². The molecule has 2 rings (SSSR count). The van der Waals surface area contributed by atoms with E-state index < -0.39 is 59.3 Å². The van der Waals surface area contributed by atoms with E-state index in [1.165, 1.54) is 11.8 Å². The van der Waals surface area contributed by atoms with Crippen LogP contribution in [0.25, 0.3) is 0 Å². The monoisotopic (exact) mass is 487 g/mol. The summed E-state index contributed by atoms with van der Waals surface area (Å²) < 4.78 is 19.9. The highest BCUT2D eigenvalue weighted by Gasteiger charge is 2.55. The van der Waals surface area contributed by atoms with Gasteiger partial charge in [0, 0.05) is 11.3 Å². The third kappa shape index (κ3) is 6.76. The van der Waals surface area contributed by atoms with Crippen molar-refractivity contribution in [3.8, 4) is 0 Å². The first kappa shape index (κ1) is 26.3. The Morgan fingerprint density at radius 2 is 1.73 bits per heavy atom. The molecule has 2 heterocycles. The maximum absolute atomic E-state index is 12.8. The fourth-order valence-corrected chi connectivity index (χ4v) is 4.12. The number of primary amides is 1. The number of carbonyl (C=O) groups excluding carboxylic acids is 5. The van der Waals surface area contributed by atoms with Gasteiger partial charge in [0.15, 0.2) is 0 Å². The molecule has 12 nitrogen and oxygen atoms in total. The summed E-state index contributed by atoms with van der Waals surface area (Å²) in [6.45, 7) is 8.97. The number of thioether (sulfide) groups is 1. The average molecular weight is 488 g/mol. The van der Waals surface area contributed by atoms with Gasteiger partial charge in [-0.15, -0.1) is 11.8 Å². The van der Waals surface area contributed by atoms with Gasteiger partial charge in [-0.3, -0.25) is 14.5 Å². The summed E-state index contributed by atoms with van der Waals surface area (Å²) in [5.41, 5.74) is 3.59. The summed E-state index contributed by atoms with van der Waals surface area (Å²) >= 11 is 1.25. The molecule has 0 aromatic heterocycles. The molecule has 0 spiro atoms. The summed E-state index contributed by atoms with van der Waals surface area (Å²) in [6, 6.07) is -0.926. The molecular weight excluding hydrogens is 458 g/mol. The predicted molar refractivity (Wildman–Crippen MR) is 115 cm³/mol. The van der Waals surface area contributed by atoms with Gasteiger partial charge < -0.3 is 30.0 Å². The molecule has 13 heteroatoms. The first-order valence-electron chi connectivity index (χ1n) is 10.0. The average Bonchev–Trinajstić information content (AvgIpc) is 2.67. The quantitative estimate of drug-likeness (QED) is 0.241. The third-order valence-electron chi connectivity index (χ3n) is 4.29. The minimum Gasteiger partial charge on any atom is -0.445 e. The van der Waals surface area contributed by atoms with Crippen molar-refractivity contribution in [3.63, 3.8) is 0 Å². The van der Waals surface area contributed by atoms with Crippen molar-refractivity contribution in [3.05, 3.63) is 11.3 Å². The summed E-state index contributed by atoms with van der Waals surface area (Å²) in [6.07, 6.45) is -1.83. The fourth-order valence-electron chi connectivity index (χ4n) is 2.80. The minimum atomic E-state index is -1.05. The number of fused-ring (bicyclic) bond motifs is 1. The normalized spacial score (nSPS) is 20.3. The van der Waals surface area contributed by atoms with Gasteiger partial charge in [0.2, 0.25) is 6.79 Å². The van der Waals surface area contributed by atoms with E-state index in [0.717, 1.165) is 4.90 Å². The van der Waals surface area contributed by atoms with Crippen LogP contribution in [0, 0.1) is 5.41 Å². The molecule has 0 aromatic carbocycles. The Labute approximate surface area is 195 Å². The number of carbonyl (C=O) groups is 5. The molecule has 3 N–H and O–H groups in total. The van der Waals surface area contributed by atoms with Crippen LogP contribution in [0.15, 0.2) is 11.3 Å². The fraction of sp³-hybridized carbons (Fsp3) is 0.650. The summed E-state index contributed by atoms with van der Waals surface area (Å²) in [5, 5.41) is 1.89. The maximum atomic E-state index is 12.8. The van der Waals surface area contributed by atoms with Crippen LogP contribution in [-0.2, 0) is 33.3 Å². The molecule has 0 aliphatic carbocycles. The number of β-lactam (4-membered cyclic amide) rings is 1.